The Morgan fingerprint density at radius 1 is 1.31 bits per heavy atom. The molecule has 2 heterocycles. The molecule has 0 bridgehead atoms. The van der Waals surface area contributed by atoms with Crippen molar-refractivity contribution in [2.45, 2.75) is 12.8 Å². The van der Waals surface area contributed by atoms with Crippen LogP contribution in [0.4, 0.5) is 5.69 Å². The Kier molecular flexibility index (Phi) is 6.08. The third-order valence-corrected chi connectivity index (χ3v) is 5.80. The van der Waals surface area contributed by atoms with Gasteiger partial charge in [-0.15, -0.1) is 11.3 Å². The van der Waals surface area contributed by atoms with Gasteiger partial charge in [0.15, 0.2) is 0 Å². The summed E-state index contributed by atoms with van der Waals surface area (Å²) in [6, 6.07) is 10.3. The molecule has 134 valence electrons. The van der Waals surface area contributed by atoms with Gasteiger partial charge in [-0.2, -0.15) is 0 Å². The fourth-order valence-electron chi connectivity index (χ4n) is 2.40. The van der Waals surface area contributed by atoms with Gasteiger partial charge in [0.05, 0.1) is 4.91 Å². The van der Waals surface area contributed by atoms with Crippen molar-refractivity contribution < 1.29 is 14.7 Å². The Bertz CT molecular complexity index is 862. The summed E-state index contributed by atoms with van der Waals surface area (Å²) in [4.78, 5) is 27.6. The van der Waals surface area contributed by atoms with Crippen LogP contribution in [0.1, 0.15) is 17.7 Å². The summed E-state index contributed by atoms with van der Waals surface area (Å²) in [7, 11) is 0. The third kappa shape index (κ3) is 4.72. The van der Waals surface area contributed by atoms with Crippen molar-refractivity contribution in [2.75, 3.05) is 11.9 Å². The molecule has 3 rings (SSSR count). The van der Waals surface area contributed by atoms with Crippen molar-refractivity contribution in [3.05, 3.63) is 51.6 Å². The Labute approximate surface area is 164 Å². The van der Waals surface area contributed by atoms with Crippen LogP contribution in [-0.4, -0.2) is 32.7 Å². The molecule has 0 atom stereocenters. The van der Waals surface area contributed by atoms with E-state index >= 15 is 0 Å². The quantitative estimate of drug-likeness (QED) is 0.561. The molecular formula is C18H16N2O3S3. The molecule has 0 spiro atoms. The van der Waals surface area contributed by atoms with Gasteiger partial charge in [-0.3, -0.25) is 14.5 Å². The van der Waals surface area contributed by atoms with Gasteiger partial charge in [0.1, 0.15) is 10.1 Å². The largest absolute Gasteiger partial charge is 0.508 e. The molecule has 1 fully saturated rings. The van der Waals surface area contributed by atoms with Crippen molar-refractivity contribution in [2.24, 2.45) is 0 Å². The van der Waals surface area contributed by atoms with Crippen molar-refractivity contribution in [3.63, 3.8) is 0 Å². The summed E-state index contributed by atoms with van der Waals surface area (Å²) >= 11 is 8.14. The highest BCUT2D eigenvalue weighted by Crippen LogP contribution is 2.33. The molecule has 2 N–H and O–H groups in total. The minimum absolute atomic E-state index is 0.0953. The number of anilines is 1. The number of carbonyl (C=O) groups excluding carboxylic acids is 2. The maximum Gasteiger partial charge on any atom is 0.266 e. The number of phenolic OH excluding ortho intramolecular Hbond substituents is 1. The number of nitrogens with one attached hydrogen (secondary N) is 1. The second-order valence-corrected chi connectivity index (χ2v) is 8.21. The number of carbonyl (C=O) groups is 2. The first-order chi connectivity index (χ1) is 12.5. The lowest BCUT2D eigenvalue weighted by molar-refractivity contribution is -0.122. The van der Waals surface area contributed by atoms with Crippen LogP contribution in [0.25, 0.3) is 6.08 Å². The van der Waals surface area contributed by atoms with E-state index in [-0.39, 0.29) is 24.0 Å². The highest BCUT2D eigenvalue weighted by atomic mass is 32.2. The summed E-state index contributed by atoms with van der Waals surface area (Å²) in [6.45, 7) is 0.403. The van der Waals surface area contributed by atoms with E-state index in [2.05, 4.69) is 5.32 Å². The number of aromatic hydroxyl groups is 1. The summed E-state index contributed by atoms with van der Waals surface area (Å²) in [5.41, 5.74) is 0.541. The predicted molar refractivity (Wildman–Crippen MR) is 110 cm³/mol. The van der Waals surface area contributed by atoms with Gasteiger partial charge >= 0.3 is 0 Å². The molecular weight excluding hydrogens is 388 g/mol. The molecule has 26 heavy (non-hydrogen) atoms. The van der Waals surface area contributed by atoms with E-state index in [1.54, 1.807) is 28.4 Å². The monoisotopic (exact) mass is 404 g/mol. The number of thiophene rings is 1. The third-order valence-electron chi connectivity index (χ3n) is 3.61. The van der Waals surface area contributed by atoms with Gasteiger partial charge in [-0.05, 0) is 36.1 Å². The first-order valence-electron chi connectivity index (χ1n) is 7.91. The summed E-state index contributed by atoms with van der Waals surface area (Å²) in [5.74, 6) is -0.185. The zero-order valence-electron chi connectivity index (χ0n) is 13.7. The van der Waals surface area contributed by atoms with Crippen LogP contribution >= 0.6 is 35.3 Å². The topological polar surface area (TPSA) is 69.6 Å². The summed E-state index contributed by atoms with van der Waals surface area (Å²) < 4.78 is 0.520. The van der Waals surface area contributed by atoms with Crippen LogP contribution in [0.15, 0.2) is 46.7 Å². The standard InChI is InChI=1S/C18H16N2O3S3/c21-13-5-1-4-12(10-13)19-16(22)7-2-8-20-17(23)15(26-18(20)24)11-14-6-3-9-25-14/h1,3-6,9-11,21H,2,7-8H2,(H,19,22)/b15-11+. The van der Waals surface area contributed by atoms with Gasteiger partial charge in [0.25, 0.3) is 5.91 Å². The highest BCUT2D eigenvalue weighted by Gasteiger charge is 2.31. The van der Waals surface area contributed by atoms with E-state index in [0.29, 0.717) is 27.9 Å². The number of thiocarbonyl (C=S) groups is 1. The van der Waals surface area contributed by atoms with Crippen LogP contribution in [-0.2, 0) is 9.59 Å². The average Bonchev–Trinajstić information content (AvgIpc) is 3.19. The first kappa shape index (κ1) is 18.6. The van der Waals surface area contributed by atoms with Crippen LogP contribution in [0.2, 0.25) is 0 Å². The van der Waals surface area contributed by atoms with E-state index in [1.807, 2.05) is 23.6 Å². The molecule has 0 aliphatic carbocycles. The molecule has 2 aromatic rings. The van der Waals surface area contributed by atoms with Crippen LogP contribution in [0.3, 0.4) is 0 Å². The van der Waals surface area contributed by atoms with Crippen molar-refractivity contribution in [1.82, 2.24) is 4.90 Å². The Hall–Kier alpha value is -2.16. The van der Waals surface area contributed by atoms with Gasteiger partial charge in [-0.25, -0.2) is 0 Å². The molecule has 1 aliphatic heterocycles. The van der Waals surface area contributed by atoms with Crippen LogP contribution in [0, 0.1) is 0 Å². The number of hydrogen-bond donors (Lipinski definition) is 2. The minimum atomic E-state index is -0.171. The van der Waals surface area contributed by atoms with E-state index in [1.165, 1.54) is 23.9 Å². The smallest absolute Gasteiger partial charge is 0.266 e. The molecule has 0 unspecified atom stereocenters. The van der Waals surface area contributed by atoms with E-state index in [0.717, 1.165) is 4.88 Å². The average molecular weight is 405 g/mol. The summed E-state index contributed by atoms with van der Waals surface area (Å²) in [5, 5.41) is 14.1. The summed E-state index contributed by atoms with van der Waals surface area (Å²) in [6.07, 6.45) is 2.61. The molecule has 8 heteroatoms. The second-order valence-electron chi connectivity index (χ2n) is 5.55. The molecule has 0 radical (unpaired) electrons. The molecule has 1 aromatic carbocycles. The molecule has 1 saturated heterocycles. The number of rotatable bonds is 6. The maximum absolute atomic E-state index is 12.5. The van der Waals surface area contributed by atoms with Crippen LogP contribution in [0.5, 0.6) is 5.75 Å². The van der Waals surface area contributed by atoms with Gasteiger partial charge in [-0.1, -0.05) is 36.1 Å². The van der Waals surface area contributed by atoms with Crippen LogP contribution < -0.4 is 5.32 Å². The van der Waals surface area contributed by atoms with Crippen molar-refractivity contribution in [1.29, 1.82) is 0 Å². The number of amides is 2. The van der Waals surface area contributed by atoms with Crippen molar-refractivity contribution in [3.8, 4) is 5.75 Å². The number of nitrogens with zero attached hydrogens (tertiary/aromatic N) is 1. The van der Waals surface area contributed by atoms with Gasteiger partial charge < -0.3 is 10.4 Å². The first-order valence-corrected chi connectivity index (χ1v) is 10.0. The molecule has 2 amide bonds. The highest BCUT2D eigenvalue weighted by molar-refractivity contribution is 8.26. The molecule has 5 nitrogen and oxygen atoms in total. The Morgan fingerprint density at radius 3 is 2.88 bits per heavy atom. The lowest BCUT2D eigenvalue weighted by atomic mass is 10.2. The van der Waals surface area contributed by atoms with Crippen molar-refractivity contribution >= 4 is 63.2 Å². The SMILES string of the molecule is O=C(CCCN1C(=O)/C(=C\c2cccs2)SC1=S)Nc1cccc(O)c1. The predicted octanol–water partition coefficient (Wildman–Crippen LogP) is 4.07. The number of benzene rings is 1. The lowest BCUT2D eigenvalue weighted by Gasteiger charge is -2.14. The van der Waals surface area contributed by atoms with E-state index < -0.39 is 0 Å². The number of thioether (sulfide) groups is 1. The fraction of sp³-hybridized carbons (Fsp3) is 0.167. The molecule has 1 aromatic heterocycles. The Morgan fingerprint density at radius 2 is 2.15 bits per heavy atom. The molecule has 0 saturated carbocycles. The number of phenols is 1. The number of hydrogen-bond acceptors (Lipinski definition) is 6. The Balaban J connectivity index is 1.51. The lowest BCUT2D eigenvalue weighted by Crippen LogP contribution is -2.29. The molecule has 1 aliphatic rings. The maximum atomic E-state index is 12.5. The zero-order valence-corrected chi connectivity index (χ0v) is 16.1. The van der Waals surface area contributed by atoms with E-state index in [4.69, 9.17) is 12.2 Å². The van der Waals surface area contributed by atoms with Gasteiger partial charge in [0.2, 0.25) is 5.91 Å². The minimum Gasteiger partial charge on any atom is -0.508 e. The zero-order chi connectivity index (χ0) is 18.5. The van der Waals surface area contributed by atoms with E-state index in [9.17, 15) is 14.7 Å². The normalized spacial score (nSPS) is 15.7. The fourth-order valence-corrected chi connectivity index (χ4v) is 4.43. The van der Waals surface area contributed by atoms with Gasteiger partial charge in [0, 0.05) is 29.6 Å². The second kappa shape index (κ2) is 8.48.